The second-order valence-electron chi connectivity index (χ2n) is 4.62. The minimum Gasteiger partial charge on any atom is -0.493 e. The molecule has 2 rings (SSSR count). The lowest BCUT2D eigenvalue weighted by atomic mass is 10.3. The van der Waals surface area contributed by atoms with Crippen LogP contribution in [0.3, 0.4) is 0 Å². The molecule has 1 N–H and O–H groups in total. The predicted molar refractivity (Wildman–Crippen MR) is 89.3 cm³/mol. The lowest BCUT2D eigenvalue weighted by molar-refractivity contribution is -0.118. The molecule has 0 atom stereocenters. The molecule has 0 unspecified atom stereocenters. The molecule has 0 saturated carbocycles. The van der Waals surface area contributed by atoms with E-state index < -0.39 is 0 Å². The molecule has 5 heteroatoms. The summed E-state index contributed by atoms with van der Waals surface area (Å²) in [7, 11) is 1.55. The molecule has 0 fully saturated rings. The Morgan fingerprint density at radius 2 is 1.91 bits per heavy atom. The number of hydrogen-bond donors (Lipinski definition) is 1. The van der Waals surface area contributed by atoms with Crippen LogP contribution in [0.2, 0.25) is 0 Å². The van der Waals surface area contributed by atoms with Crippen LogP contribution in [0.4, 0.5) is 5.69 Å². The first-order chi connectivity index (χ1) is 11.2. The van der Waals surface area contributed by atoms with Gasteiger partial charge in [0.1, 0.15) is 12.4 Å². The first-order valence-corrected chi connectivity index (χ1v) is 7.12. The number of hydrogen-bond acceptors (Lipinski definition) is 4. The molecule has 0 bridgehead atoms. The fourth-order valence-corrected chi connectivity index (χ4v) is 1.90. The Balaban J connectivity index is 1.90. The number of carbonyl (C=O) groups excluding carboxylic acids is 1. The fourth-order valence-electron chi connectivity index (χ4n) is 1.90. The monoisotopic (exact) mass is 313 g/mol. The highest BCUT2D eigenvalue weighted by atomic mass is 16.5. The van der Waals surface area contributed by atoms with E-state index in [9.17, 15) is 4.79 Å². The highest BCUT2D eigenvalue weighted by Gasteiger charge is 2.07. The topological polar surface area (TPSA) is 56.8 Å². The molecule has 23 heavy (non-hydrogen) atoms. The smallest absolute Gasteiger partial charge is 0.262 e. The average Bonchev–Trinajstić information content (AvgIpc) is 2.58. The number of amides is 1. The molecule has 2 aromatic rings. The van der Waals surface area contributed by atoms with Crippen molar-refractivity contribution in [3.63, 3.8) is 0 Å². The molecule has 120 valence electrons. The molecule has 0 spiro atoms. The van der Waals surface area contributed by atoms with E-state index in [4.69, 9.17) is 14.2 Å². The number of rotatable bonds is 8. The van der Waals surface area contributed by atoms with Gasteiger partial charge in [0.15, 0.2) is 18.1 Å². The number of ether oxygens (including phenoxy) is 3. The fraction of sp³-hybridized carbons (Fsp3) is 0.167. The van der Waals surface area contributed by atoms with Crippen LogP contribution in [-0.4, -0.2) is 26.2 Å². The van der Waals surface area contributed by atoms with E-state index in [1.807, 2.05) is 18.2 Å². The van der Waals surface area contributed by atoms with Gasteiger partial charge in [-0.2, -0.15) is 0 Å². The number of para-hydroxylation sites is 2. The lowest BCUT2D eigenvalue weighted by Gasteiger charge is -2.11. The molecule has 2 aromatic carbocycles. The van der Waals surface area contributed by atoms with Gasteiger partial charge in [-0.15, -0.1) is 0 Å². The standard InChI is InChI=1S/C18H19NO4/c1-3-11-22-15-8-6-7-14(12-15)19-18(20)13-23-17-10-5-4-9-16(17)21-2/h3-10,12H,1,11,13H2,2H3,(H,19,20). The third-order valence-corrected chi connectivity index (χ3v) is 2.91. The van der Waals surface area contributed by atoms with Crippen molar-refractivity contribution in [3.8, 4) is 17.2 Å². The van der Waals surface area contributed by atoms with Gasteiger partial charge in [-0.05, 0) is 24.3 Å². The Bertz CT molecular complexity index is 670. The molecule has 0 heterocycles. The summed E-state index contributed by atoms with van der Waals surface area (Å²) in [6, 6.07) is 14.3. The van der Waals surface area contributed by atoms with E-state index in [0.717, 1.165) is 0 Å². The SMILES string of the molecule is C=CCOc1cccc(NC(=O)COc2ccccc2OC)c1. The van der Waals surface area contributed by atoms with Gasteiger partial charge in [0, 0.05) is 11.8 Å². The van der Waals surface area contributed by atoms with Gasteiger partial charge in [-0.1, -0.05) is 30.9 Å². The number of methoxy groups -OCH3 is 1. The lowest BCUT2D eigenvalue weighted by Crippen LogP contribution is -2.20. The maximum absolute atomic E-state index is 12.0. The zero-order valence-electron chi connectivity index (χ0n) is 13.0. The Kier molecular flexibility index (Phi) is 6.06. The minimum atomic E-state index is -0.267. The maximum atomic E-state index is 12.0. The maximum Gasteiger partial charge on any atom is 0.262 e. The molecule has 5 nitrogen and oxygen atoms in total. The van der Waals surface area contributed by atoms with Crippen molar-refractivity contribution in [2.75, 3.05) is 25.6 Å². The van der Waals surface area contributed by atoms with Gasteiger partial charge >= 0.3 is 0 Å². The molecule has 0 radical (unpaired) electrons. The highest BCUT2D eigenvalue weighted by molar-refractivity contribution is 5.92. The Hall–Kier alpha value is -2.95. The molecule has 1 amide bonds. The van der Waals surface area contributed by atoms with E-state index in [2.05, 4.69) is 11.9 Å². The third-order valence-electron chi connectivity index (χ3n) is 2.91. The molecular formula is C18H19NO4. The second kappa shape index (κ2) is 8.48. The van der Waals surface area contributed by atoms with Gasteiger partial charge in [0.25, 0.3) is 5.91 Å². The van der Waals surface area contributed by atoms with Crippen LogP contribution < -0.4 is 19.5 Å². The van der Waals surface area contributed by atoms with Crippen molar-refractivity contribution >= 4 is 11.6 Å². The zero-order valence-corrected chi connectivity index (χ0v) is 13.0. The van der Waals surface area contributed by atoms with Crippen LogP contribution in [0, 0.1) is 0 Å². The minimum absolute atomic E-state index is 0.113. The van der Waals surface area contributed by atoms with Gasteiger partial charge < -0.3 is 19.5 Å². The summed E-state index contributed by atoms with van der Waals surface area (Å²) in [5, 5.41) is 2.76. The Morgan fingerprint density at radius 3 is 2.65 bits per heavy atom. The second-order valence-corrected chi connectivity index (χ2v) is 4.62. The van der Waals surface area contributed by atoms with Gasteiger partial charge in [0.05, 0.1) is 7.11 Å². The van der Waals surface area contributed by atoms with E-state index in [1.165, 1.54) is 0 Å². The van der Waals surface area contributed by atoms with Crippen LogP contribution in [0.5, 0.6) is 17.2 Å². The van der Waals surface area contributed by atoms with E-state index >= 15 is 0 Å². The van der Waals surface area contributed by atoms with E-state index in [1.54, 1.807) is 43.5 Å². The van der Waals surface area contributed by atoms with Crippen LogP contribution in [0.15, 0.2) is 61.2 Å². The molecule has 0 aliphatic heterocycles. The number of benzene rings is 2. The number of carbonyl (C=O) groups is 1. The third kappa shape index (κ3) is 5.07. The Morgan fingerprint density at radius 1 is 1.13 bits per heavy atom. The van der Waals surface area contributed by atoms with Crippen LogP contribution in [-0.2, 0) is 4.79 Å². The van der Waals surface area contributed by atoms with Gasteiger partial charge in [0.2, 0.25) is 0 Å². The summed E-state index contributed by atoms with van der Waals surface area (Å²) in [4.78, 5) is 12.0. The van der Waals surface area contributed by atoms with Crippen molar-refractivity contribution < 1.29 is 19.0 Å². The van der Waals surface area contributed by atoms with E-state index in [-0.39, 0.29) is 12.5 Å². The van der Waals surface area contributed by atoms with Crippen molar-refractivity contribution in [1.82, 2.24) is 0 Å². The summed E-state index contributed by atoms with van der Waals surface area (Å²) >= 11 is 0. The number of nitrogens with one attached hydrogen (secondary N) is 1. The predicted octanol–water partition coefficient (Wildman–Crippen LogP) is 3.28. The largest absolute Gasteiger partial charge is 0.493 e. The average molecular weight is 313 g/mol. The van der Waals surface area contributed by atoms with Crippen LogP contribution >= 0.6 is 0 Å². The summed E-state index contributed by atoms with van der Waals surface area (Å²) in [5.41, 5.74) is 0.639. The summed E-state index contributed by atoms with van der Waals surface area (Å²) in [5.74, 6) is 1.50. The number of anilines is 1. The normalized spacial score (nSPS) is 9.78. The van der Waals surface area contributed by atoms with E-state index in [0.29, 0.717) is 29.5 Å². The van der Waals surface area contributed by atoms with Crippen LogP contribution in [0.1, 0.15) is 0 Å². The summed E-state index contributed by atoms with van der Waals surface area (Å²) in [6.45, 7) is 3.89. The summed E-state index contributed by atoms with van der Waals surface area (Å²) < 4.78 is 16.1. The Labute approximate surface area is 135 Å². The molecule has 0 aromatic heterocycles. The molecule has 0 saturated heterocycles. The quantitative estimate of drug-likeness (QED) is 0.760. The summed E-state index contributed by atoms with van der Waals surface area (Å²) in [6.07, 6.45) is 1.66. The molecular weight excluding hydrogens is 294 g/mol. The van der Waals surface area contributed by atoms with Gasteiger partial charge in [-0.25, -0.2) is 0 Å². The van der Waals surface area contributed by atoms with Crippen molar-refractivity contribution in [3.05, 3.63) is 61.2 Å². The van der Waals surface area contributed by atoms with Crippen LogP contribution in [0.25, 0.3) is 0 Å². The molecule has 0 aliphatic rings. The molecule has 0 aliphatic carbocycles. The van der Waals surface area contributed by atoms with Crippen molar-refractivity contribution in [1.29, 1.82) is 0 Å². The van der Waals surface area contributed by atoms with Crippen molar-refractivity contribution in [2.45, 2.75) is 0 Å². The first kappa shape index (κ1) is 16.4. The zero-order chi connectivity index (χ0) is 16.5. The van der Waals surface area contributed by atoms with Crippen molar-refractivity contribution in [2.24, 2.45) is 0 Å². The van der Waals surface area contributed by atoms with Gasteiger partial charge in [-0.3, -0.25) is 4.79 Å². The first-order valence-electron chi connectivity index (χ1n) is 7.12. The highest BCUT2D eigenvalue weighted by Crippen LogP contribution is 2.25.